The molecule has 0 heterocycles. The first-order valence-electron chi connectivity index (χ1n) is 12.0. The summed E-state index contributed by atoms with van der Waals surface area (Å²) in [5.41, 5.74) is 3.40. The summed E-state index contributed by atoms with van der Waals surface area (Å²) < 4.78 is 5.69. The van der Waals surface area contributed by atoms with Gasteiger partial charge >= 0.3 is 12.1 Å². The van der Waals surface area contributed by atoms with Gasteiger partial charge in [-0.3, -0.25) is 9.59 Å². The van der Waals surface area contributed by atoms with Crippen molar-refractivity contribution in [3.05, 3.63) is 59.7 Å². The lowest BCUT2D eigenvalue weighted by Crippen LogP contribution is -2.60. The van der Waals surface area contributed by atoms with E-state index in [1.165, 1.54) is 4.90 Å². The van der Waals surface area contributed by atoms with Gasteiger partial charge in [-0.05, 0) is 48.4 Å². The van der Waals surface area contributed by atoms with Gasteiger partial charge < -0.3 is 20.1 Å². The molecule has 1 unspecified atom stereocenters. The molecule has 1 atom stereocenters. The SMILES string of the molecule is CCC(C)N(CC(=O)O)C(=O)C1(NC(=O)OCC2c3ccccc3-c3ccccc32)CCCC1. The average molecular weight is 465 g/mol. The number of amides is 2. The molecule has 0 radical (unpaired) electrons. The van der Waals surface area contributed by atoms with Gasteiger partial charge in [-0.1, -0.05) is 68.3 Å². The Morgan fingerprint density at radius 1 is 1.06 bits per heavy atom. The molecule has 0 spiro atoms. The Morgan fingerprint density at radius 3 is 2.15 bits per heavy atom. The molecule has 2 amide bonds. The van der Waals surface area contributed by atoms with Crippen LogP contribution in [0.3, 0.4) is 0 Å². The number of carbonyl (C=O) groups is 3. The van der Waals surface area contributed by atoms with E-state index in [1.54, 1.807) is 0 Å². The molecular formula is C27H32N2O5. The van der Waals surface area contributed by atoms with Crippen molar-refractivity contribution >= 4 is 18.0 Å². The highest BCUT2D eigenvalue weighted by molar-refractivity contribution is 5.92. The molecule has 7 heteroatoms. The van der Waals surface area contributed by atoms with Gasteiger partial charge in [-0.2, -0.15) is 0 Å². The Balaban J connectivity index is 1.49. The second-order valence-electron chi connectivity index (χ2n) is 9.32. The molecule has 2 aromatic carbocycles. The zero-order valence-corrected chi connectivity index (χ0v) is 19.8. The van der Waals surface area contributed by atoms with E-state index in [4.69, 9.17) is 4.74 Å². The molecule has 0 aliphatic heterocycles. The van der Waals surface area contributed by atoms with Gasteiger partial charge in [0.2, 0.25) is 5.91 Å². The molecule has 1 fully saturated rings. The fourth-order valence-corrected chi connectivity index (χ4v) is 5.27. The first-order valence-corrected chi connectivity index (χ1v) is 12.0. The smallest absolute Gasteiger partial charge is 0.408 e. The number of aliphatic carboxylic acids is 1. The highest BCUT2D eigenvalue weighted by Crippen LogP contribution is 2.44. The van der Waals surface area contributed by atoms with E-state index in [1.807, 2.05) is 38.1 Å². The van der Waals surface area contributed by atoms with Crippen molar-refractivity contribution in [1.82, 2.24) is 10.2 Å². The first kappa shape index (κ1) is 23.8. The highest BCUT2D eigenvalue weighted by atomic mass is 16.5. The van der Waals surface area contributed by atoms with Crippen LogP contribution in [0.25, 0.3) is 11.1 Å². The van der Waals surface area contributed by atoms with Gasteiger partial charge in [0.05, 0.1) is 0 Å². The summed E-state index contributed by atoms with van der Waals surface area (Å²) in [5.74, 6) is -1.48. The number of fused-ring (bicyclic) bond motifs is 3. The van der Waals surface area contributed by atoms with Crippen LogP contribution in [0, 0.1) is 0 Å². The quantitative estimate of drug-likeness (QED) is 0.598. The molecular weight excluding hydrogens is 432 g/mol. The third kappa shape index (κ3) is 4.52. The van der Waals surface area contributed by atoms with E-state index in [2.05, 4.69) is 29.6 Å². The molecule has 1 saturated carbocycles. The average Bonchev–Trinajstić information content (AvgIpc) is 3.43. The molecule has 0 aromatic heterocycles. The van der Waals surface area contributed by atoms with Crippen LogP contribution < -0.4 is 5.32 Å². The summed E-state index contributed by atoms with van der Waals surface area (Å²) in [5, 5.41) is 12.2. The summed E-state index contributed by atoms with van der Waals surface area (Å²) in [7, 11) is 0. The van der Waals surface area contributed by atoms with Gasteiger partial charge in [0.1, 0.15) is 18.7 Å². The lowest BCUT2D eigenvalue weighted by molar-refractivity contribution is -0.149. The molecule has 180 valence electrons. The number of alkyl carbamates (subject to hydrolysis) is 1. The highest BCUT2D eigenvalue weighted by Gasteiger charge is 2.46. The van der Waals surface area contributed by atoms with Crippen LogP contribution in [0.5, 0.6) is 0 Å². The van der Waals surface area contributed by atoms with Crippen molar-refractivity contribution in [3.63, 3.8) is 0 Å². The lowest BCUT2D eigenvalue weighted by Gasteiger charge is -2.37. The maximum Gasteiger partial charge on any atom is 0.408 e. The Kier molecular flexibility index (Phi) is 6.91. The van der Waals surface area contributed by atoms with E-state index in [0.29, 0.717) is 19.3 Å². The van der Waals surface area contributed by atoms with E-state index >= 15 is 0 Å². The van der Waals surface area contributed by atoms with Gasteiger partial charge in [0.25, 0.3) is 0 Å². The van der Waals surface area contributed by atoms with Crippen LogP contribution in [0.2, 0.25) is 0 Å². The summed E-state index contributed by atoms with van der Waals surface area (Å²) in [6, 6.07) is 16.0. The molecule has 4 rings (SSSR count). The van der Waals surface area contributed by atoms with Crippen molar-refractivity contribution in [2.45, 2.75) is 63.5 Å². The number of ether oxygens (including phenoxy) is 1. The molecule has 34 heavy (non-hydrogen) atoms. The second-order valence-corrected chi connectivity index (χ2v) is 9.32. The van der Waals surface area contributed by atoms with Gasteiger partial charge in [0.15, 0.2) is 0 Å². The Morgan fingerprint density at radius 2 is 1.62 bits per heavy atom. The predicted molar refractivity (Wildman–Crippen MR) is 129 cm³/mol. The van der Waals surface area contributed by atoms with Crippen LogP contribution in [0.4, 0.5) is 4.79 Å². The van der Waals surface area contributed by atoms with Gasteiger partial charge in [0, 0.05) is 12.0 Å². The monoisotopic (exact) mass is 464 g/mol. The molecule has 2 N–H and O–H groups in total. The minimum Gasteiger partial charge on any atom is -0.480 e. The van der Waals surface area contributed by atoms with Crippen LogP contribution in [-0.2, 0) is 14.3 Å². The van der Waals surface area contributed by atoms with Crippen LogP contribution in [0.1, 0.15) is 63.0 Å². The second kappa shape index (κ2) is 9.87. The Labute approximate surface area is 200 Å². The number of hydrogen-bond acceptors (Lipinski definition) is 4. The number of nitrogens with zero attached hydrogens (tertiary/aromatic N) is 1. The van der Waals surface area contributed by atoms with E-state index in [9.17, 15) is 19.5 Å². The fraction of sp³-hybridized carbons (Fsp3) is 0.444. The number of rotatable bonds is 8. The largest absolute Gasteiger partial charge is 0.480 e. The van der Waals surface area contributed by atoms with Crippen molar-refractivity contribution in [3.8, 4) is 11.1 Å². The van der Waals surface area contributed by atoms with E-state index < -0.39 is 17.6 Å². The Hall–Kier alpha value is -3.35. The van der Waals surface area contributed by atoms with Crippen LogP contribution in [-0.4, -0.2) is 52.7 Å². The maximum absolute atomic E-state index is 13.5. The number of benzene rings is 2. The molecule has 2 aliphatic carbocycles. The number of carboxylic acids is 1. The van der Waals surface area contributed by atoms with Gasteiger partial charge in [-0.15, -0.1) is 0 Å². The standard InChI is InChI=1S/C27H32N2O5/c1-3-18(2)29(16-24(30)31)25(32)27(14-8-9-15-27)28-26(33)34-17-23-21-12-6-4-10-19(21)20-11-5-7-13-22(20)23/h4-7,10-13,18,23H,3,8-9,14-17H2,1-2H3,(H,28,33)(H,30,31). The number of carboxylic acid groups (broad SMARTS) is 1. The molecule has 0 bridgehead atoms. The maximum atomic E-state index is 13.5. The number of nitrogens with one attached hydrogen (secondary N) is 1. The van der Waals surface area contributed by atoms with Crippen LogP contribution in [0.15, 0.2) is 48.5 Å². The zero-order valence-electron chi connectivity index (χ0n) is 19.8. The van der Waals surface area contributed by atoms with Crippen LogP contribution >= 0.6 is 0 Å². The molecule has 0 saturated heterocycles. The van der Waals surface area contributed by atoms with Crippen molar-refractivity contribution in [2.75, 3.05) is 13.2 Å². The topological polar surface area (TPSA) is 95.9 Å². The number of carbonyl (C=O) groups excluding carboxylic acids is 2. The molecule has 2 aromatic rings. The Bertz CT molecular complexity index is 1030. The van der Waals surface area contributed by atoms with Crippen molar-refractivity contribution in [2.24, 2.45) is 0 Å². The summed E-state index contributed by atoms with van der Waals surface area (Å²) in [6.07, 6.45) is 2.51. The summed E-state index contributed by atoms with van der Waals surface area (Å²) in [6.45, 7) is 3.51. The zero-order chi connectivity index (χ0) is 24.3. The number of hydrogen-bond donors (Lipinski definition) is 2. The first-order chi connectivity index (χ1) is 16.4. The lowest BCUT2D eigenvalue weighted by atomic mass is 9.94. The minimum atomic E-state index is -1.12. The summed E-state index contributed by atoms with van der Waals surface area (Å²) >= 11 is 0. The van der Waals surface area contributed by atoms with E-state index in [-0.39, 0.29) is 31.0 Å². The van der Waals surface area contributed by atoms with E-state index in [0.717, 1.165) is 35.1 Å². The van der Waals surface area contributed by atoms with Crippen molar-refractivity contribution in [1.29, 1.82) is 0 Å². The fourth-order valence-electron chi connectivity index (χ4n) is 5.27. The van der Waals surface area contributed by atoms with Gasteiger partial charge in [-0.25, -0.2) is 4.79 Å². The summed E-state index contributed by atoms with van der Waals surface area (Å²) in [4.78, 5) is 39.3. The normalized spacial score (nSPS) is 16.9. The predicted octanol–water partition coefficient (Wildman–Crippen LogP) is 4.55. The molecule has 2 aliphatic rings. The minimum absolute atomic E-state index is 0.0722. The third-order valence-electron chi connectivity index (χ3n) is 7.24. The van der Waals surface area contributed by atoms with Crippen molar-refractivity contribution < 1.29 is 24.2 Å². The third-order valence-corrected chi connectivity index (χ3v) is 7.24. The molecule has 7 nitrogen and oxygen atoms in total.